The Labute approximate surface area is 84.8 Å². The van der Waals surface area contributed by atoms with Crippen LogP contribution in [-0.4, -0.2) is 23.8 Å². The molecule has 0 spiro atoms. The topological polar surface area (TPSA) is 12.0 Å². The van der Waals surface area contributed by atoms with Crippen molar-refractivity contribution in [2.24, 2.45) is 5.92 Å². The van der Waals surface area contributed by atoms with Gasteiger partial charge >= 0.3 is 0 Å². The smallest absolute Gasteiger partial charge is 0.0425 e. The summed E-state index contributed by atoms with van der Waals surface area (Å²) in [7, 11) is 0. The highest BCUT2D eigenvalue weighted by molar-refractivity contribution is 6.22. The summed E-state index contributed by atoms with van der Waals surface area (Å²) in [6.07, 6.45) is 4.11. The fourth-order valence-corrected chi connectivity index (χ4v) is 1.59. The number of alkyl halides is 2. The minimum absolute atomic E-state index is 0.0714. The molecule has 1 aliphatic rings. The van der Waals surface area contributed by atoms with E-state index in [0.29, 0.717) is 11.8 Å². The molecule has 0 bridgehead atoms. The van der Waals surface area contributed by atoms with Gasteiger partial charge in [-0.05, 0) is 25.8 Å². The maximum atomic E-state index is 5.79. The van der Waals surface area contributed by atoms with E-state index >= 15 is 0 Å². The predicted molar refractivity (Wildman–Crippen MR) is 55.2 cm³/mol. The Morgan fingerprint density at radius 2 is 1.92 bits per heavy atom. The van der Waals surface area contributed by atoms with Crippen LogP contribution in [0.15, 0.2) is 0 Å². The average Bonchev–Trinajstić information content (AvgIpc) is 2.88. The number of hydrogen-bond acceptors (Lipinski definition) is 1. The van der Waals surface area contributed by atoms with Crippen molar-refractivity contribution in [1.82, 2.24) is 5.32 Å². The maximum absolute atomic E-state index is 5.79. The Morgan fingerprint density at radius 3 is 2.33 bits per heavy atom. The second-order valence-corrected chi connectivity index (χ2v) is 4.52. The minimum Gasteiger partial charge on any atom is -0.309 e. The van der Waals surface area contributed by atoms with Crippen LogP contribution in [0.3, 0.4) is 0 Å². The van der Waals surface area contributed by atoms with E-state index in [0.717, 1.165) is 12.5 Å². The summed E-state index contributed by atoms with van der Waals surface area (Å²) in [6.45, 7) is 3.13. The van der Waals surface area contributed by atoms with Crippen molar-refractivity contribution in [3.63, 3.8) is 0 Å². The highest BCUT2D eigenvalue weighted by atomic mass is 35.5. The Balaban J connectivity index is 2.08. The molecule has 0 unspecified atom stereocenters. The van der Waals surface area contributed by atoms with Gasteiger partial charge in [-0.3, -0.25) is 0 Å². The van der Waals surface area contributed by atoms with Crippen molar-refractivity contribution >= 4 is 23.2 Å². The zero-order chi connectivity index (χ0) is 9.03. The second-order valence-electron chi connectivity index (χ2n) is 3.99. The lowest BCUT2D eigenvalue weighted by Gasteiger charge is -2.25. The fraction of sp³-hybridized carbons (Fsp3) is 1.00. The van der Waals surface area contributed by atoms with Crippen LogP contribution in [0.4, 0.5) is 0 Å². The lowest BCUT2D eigenvalue weighted by Crippen LogP contribution is -2.46. The molecule has 1 rings (SSSR count). The minimum atomic E-state index is -0.0714. The molecule has 1 aliphatic carbocycles. The van der Waals surface area contributed by atoms with Gasteiger partial charge in [-0.15, -0.1) is 23.2 Å². The summed E-state index contributed by atoms with van der Waals surface area (Å²) in [6, 6.07) is 0. The standard InChI is InChI=1S/C9H17Cl2N/c1-9(6-10,7-11)12-5-4-8-2-3-8/h8,12H,2-7H2,1H3. The molecule has 1 nitrogen and oxygen atoms in total. The van der Waals surface area contributed by atoms with Gasteiger partial charge in [0.2, 0.25) is 0 Å². The molecule has 0 heterocycles. The van der Waals surface area contributed by atoms with E-state index in [4.69, 9.17) is 23.2 Å². The zero-order valence-electron chi connectivity index (χ0n) is 7.58. The molecule has 0 saturated heterocycles. The van der Waals surface area contributed by atoms with E-state index in [1.165, 1.54) is 19.3 Å². The normalized spacial score (nSPS) is 18.2. The lowest BCUT2D eigenvalue weighted by atomic mass is 10.1. The molecule has 0 aliphatic heterocycles. The van der Waals surface area contributed by atoms with E-state index in [1.807, 2.05) is 0 Å². The molecule has 1 fully saturated rings. The van der Waals surface area contributed by atoms with E-state index in [2.05, 4.69) is 12.2 Å². The van der Waals surface area contributed by atoms with E-state index in [1.54, 1.807) is 0 Å². The molecule has 1 N–H and O–H groups in total. The van der Waals surface area contributed by atoms with Crippen LogP contribution in [0.5, 0.6) is 0 Å². The molecule has 72 valence electrons. The first-order valence-corrected chi connectivity index (χ1v) is 5.64. The van der Waals surface area contributed by atoms with Crippen LogP contribution in [0.25, 0.3) is 0 Å². The van der Waals surface area contributed by atoms with Crippen LogP contribution in [0, 0.1) is 5.92 Å². The fourth-order valence-electron chi connectivity index (χ4n) is 1.11. The van der Waals surface area contributed by atoms with Crippen LogP contribution in [-0.2, 0) is 0 Å². The van der Waals surface area contributed by atoms with Gasteiger partial charge in [-0.1, -0.05) is 12.8 Å². The first-order valence-electron chi connectivity index (χ1n) is 4.57. The highest BCUT2D eigenvalue weighted by Crippen LogP contribution is 2.31. The first kappa shape index (κ1) is 10.6. The van der Waals surface area contributed by atoms with Gasteiger partial charge in [0.25, 0.3) is 0 Å². The van der Waals surface area contributed by atoms with Gasteiger partial charge in [0.15, 0.2) is 0 Å². The second kappa shape index (κ2) is 4.69. The third-order valence-electron chi connectivity index (χ3n) is 2.39. The van der Waals surface area contributed by atoms with Crippen molar-refractivity contribution in [3.8, 4) is 0 Å². The monoisotopic (exact) mass is 209 g/mol. The molecule has 0 amide bonds. The van der Waals surface area contributed by atoms with Crippen molar-refractivity contribution in [2.75, 3.05) is 18.3 Å². The summed E-state index contributed by atoms with van der Waals surface area (Å²) in [4.78, 5) is 0. The molecular formula is C9H17Cl2N. The number of nitrogens with one attached hydrogen (secondary N) is 1. The predicted octanol–water partition coefficient (Wildman–Crippen LogP) is 2.61. The molecule has 12 heavy (non-hydrogen) atoms. The van der Waals surface area contributed by atoms with E-state index < -0.39 is 0 Å². The highest BCUT2D eigenvalue weighted by Gasteiger charge is 2.24. The van der Waals surface area contributed by atoms with E-state index in [9.17, 15) is 0 Å². The number of halogens is 2. The molecule has 0 aromatic heterocycles. The van der Waals surface area contributed by atoms with Gasteiger partial charge in [0.05, 0.1) is 0 Å². The summed E-state index contributed by atoms with van der Waals surface area (Å²) >= 11 is 11.6. The third-order valence-corrected chi connectivity index (χ3v) is 3.57. The first-order chi connectivity index (χ1) is 5.70. The molecule has 0 atom stereocenters. The van der Waals surface area contributed by atoms with Crippen molar-refractivity contribution in [1.29, 1.82) is 0 Å². The maximum Gasteiger partial charge on any atom is 0.0425 e. The third kappa shape index (κ3) is 3.51. The summed E-state index contributed by atoms with van der Waals surface area (Å²) in [5, 5.41) is 3.40. The van der Waals surface area contributed by atoms with Gasteiger partial charge in [-0.25, -0.2) is 0 Å². The average molecular weight is 210 g/mol. The number of rotatable bonds is 6. The molecule has 0 aromatic rings. The molecular weight excluding hydrogens is 193 g/mol. The number of hydrogen-bond donors (Lipinski definition) is 1. The van der Waals surface area contributed by atoms with Crippen LogP contribution in [0.1, 0.15) is 26.2 Å². The molecule has 0 radical (unpaired) electrons. The van der Waals surface area contributed by atoms with Gasteiger partial charge in [-0.2, -0.15) is 0 Å². The molecule has 0 aromatic carbocycles. The summed E-state index contributed by atoms with van der Waals surface area (Å²) < 4.78 is 0. The Bertz CT molecular complexity index is 130. The molecule has 1 saturated carbocycles. The van der Waals surface area contributed by atoms with E-state index in [-0.39, 0.29) is 5.54 Å². The Morgan fingerprint density at radius 1 is 1.33 bits per heavy atom. The van der Waals surface area contributed by atoms with Gasteiger partial charge < -0.3 is 5.32 Å². The van der Waals surface area contributed by atoms with Gasteiger partial charge in [0.1, 0.15) is 0 Å². The quantitative estimate of drug-likeness (QED) is 0.664. The van der Waals surface area contributed by atoms with Crippen molar-refractivity contribution in [3.05, 3.63) is 0 Å². The van der Waals surface area contributed by atoms with Crippen molar-refractivity contribution in [2.45, 2.75) is 31.7 Å². The zero-order valence-corrected chi connectivity index (χ0v) is 9.09. The summed E-state index contributed by atoms with van der Waals surface area (Å²) in [5.41, 5.74) is -0.0714. The van der Waals surface area contributed by atoms with Crippen molar-refractivity contribution < 1.29 is 0 Å². The van der Waals surface area contributed by atoms with Crippen LogP contribution >= 0.6 is 23.2 Å². The SMILES string of the molecule is CC(CCl)(CCl)NCCC1CC1. The van der Waals surface area contributed by atoms with Crippen LogP contribution < -0.4 is 5.32 Å². The van der Waals surface area contributed by atoms with Gasteiger partial charge in [0, 0.05) is 17.3 Å². The largest absolute Gasteiger partial charge is 0.309 e. The lowest BCUT2D eigenvalue weighted by molar-refractivity contribution is 0.425. The summed E-state index contributed by atoms with van der Waals surface area (Å²) in [5.74, 6) is 2.15. The Kier molecular flexibility index (Phi) is 4.15. The molecule has 3 heteroatoms. The Hall–Kier alpha value is 0.540. The van der Waals surface area contributed by atoms with Crippen LogP contribution in [0.2, 0.25) is 0 Å².